The number of rotatable bonds is 13. The number of anilines is 1. The summed E-state index contributed by atoms with van der Waals surface area (Å²) >= 11 is 0. The first-order valence-corrected chi connectivity index (χ1v) is 16.1. The zero-order valence-electron chi connectivity index (χ0n) is 25.2. The summed E-state index contributed by atoms with van der Waals surface area (Å²) in [6, 6.07) is 27.7. The van der Waals surface area contributed by atoms with Gasteiger partial charge in [0, 0.05) is 25.1 Å². The number of halogens is 1. The second-order valence-corrected chi connectivity index (χ2v) is 12.4. The fraction of sp³-hybridized carbons (Fsp3) is 0.257. The molecule has 0 radical (unpaired) electrons. The number of hydrogen-bond donors (Lipinski definition) is 1. The lowest BCUT2D eigenvalue weighted by Gasteiger charge is -2.34. The number of likely N-dealkylation sites (N-methyl/N-ethyl adjacent to an activating group) is 1. The van der Waals surface area contributed by atoms with Crippen molar-refractivity contribution in [3.63, 3.8) is 0 Å². The molecule has 0 aliphatic heterocycles. The van der Waals surface area contributed by atoms with Gasteiger partial charge in [-0.3, -0.25) is 13.9 Å². The Labute approximate surface area is 259 Å². The summed E-state index contributed by atoms with van der Waals surface area (Å²) in [6.45, 7) is 5.05. The number of nitrogens with one attached hydrogen (secondary N) is 1. The minimum absolute atomic E-state index is 0.0343. The monoisotopic (exact) mass is 615 g/mol. The molecule has 0 saturated heterocycles. The van der Waals surface area contributed by atoms with E-state index in [1.165, 1.54) is 23.1 Å². The Morgan fingerprint density at radius 3 is 2.07 bits per heavy atom. The zero-order valence-corrected chi connectivity index (χ0v) is 26.1. The lowest BCUT2D eigenvalue weighted by atomic mass is 10.0. The molecule has 0 spiro atoms. The maximum absolute atomic E-state index is 15.0. The summed E-state index contributed by atoms with van der Waals surface area (Å²) < 4.78 is 44.5. The Hall–Kier alpha value is -4.50. The van der Waals surface area contributed by atoms with Gasteiger partial charge in [0.2, 0.25) is 11.8 Å². The van der Waals surface area contributed by atoms with Crippen LogP contribution < -0.4 is 9.62 Å². The van der Waals surface area contributed by atoms with Gasteiger partial charge in [-0.2, -0.15) is 0 Å². The SMILES string of the molecule is CCNC(=O)[C@H](Cc1ccccc1)N(Cc1ccccc1F)C(=O)CN(c1ccccc1CC)S(=O)(=O)c1ccc(C)cc1. The third-order valence-corrected chi connectivity index (χ3v) is 9.22. The Kier molecular flexibility index (Phi) is 10.9. The second-order valence-electron chi connectivity index (χ2n) is 10.5. The lowest BCUT2D eigenvalue weighted by Crippen LogP contribution is -2.53. The van der Waals surface area contributed by atoms with Crippen LogP contribution in [0.15, 0.2) is 108 Å². The minimum atomic E-state index is -4.22. The van der Waals surface area contributed by atoms with Gasteiger partial charge in [0.1, 0.15) is 18.4 Å². The van der Waals surface area contributed by atoms with Crippen molar-refractivity contribution in [2.24, 2.45) is 0 Å². The Morgan fingerprint density at radius 2 is 1.43 bits per heavy atom. The smallest absolute Gasteiger partial charge is 0.264 e. The van der Waals surface area contributed by atoms with Crippen molar-refractivity contribution in [2.45, 2.75) is 51.1 Å². The van der Waals surface area contributed by atoms with Crippen LogP contribution in [0.1, 0.15) is 36.1 Å². The molecule has 7 nitrogen and oxygen atoms in total. The molecule has 0 saturated carbocycles. The van der Waals surface area contributed by atoms with Crippen molar-refractivity contribution in [1.82, 2.24) is 10.2 Å². The fourth-order valence-corrected chi connectivity index (χ4v) is 6.51. The molecule has 4 aromatic rings. The third kappa shape index (κ3) is 7.71. The van der Waals surface area contributed by atoms with E-state index < -0.39 is 40.2 Å². The van der Waals surface area contributed by atoms with E-state index in [0.717, 1.165) is 21.0 Å². The molecule has 0 aliphatic carbocycles. The van der Waals surface area contributed by atoms with Crippen LogP contribution >= 0.6 is 0 Å². The molecule has 230 valence electrons. The van der Waals surface area contributed by atoms with Crippen molar-refractivity contribution in [2.75, 3.05) is 17.4 Å². The van der Waals surface area contributed by atoms with Crippen LogP contribution in [0.4, 0.5) is 10.1 Å². The van der Waals surface area contributed by atoms with E-state index in [-0.39, 0.29) is 23.4 Å². The summed E-state index contributed by atoms with van der Waals surface area (Å²) in [4.78, 5) is 29.3. The van der Waals surface area contributed by atoms with Gasteiger partial charge in [0.15, 0.2) is 0 Å². The molecule has 0 heterocycles. The second kappa shape index (κ2) is 14.8. The summed E-state index contributed by atoms with van der Waals surface area (Å²) in [6.07, 6.45) is 0.682. The van der Waals surface area contributed by atoms with Crippen molar-refractivity contribution in [1.29, 1.82) is 0 Å². The maximum atomic E-state index is 15.0. The number of nitrogens with zero attached hydrogens (tertiary/aromatic N) is 2. The van der Waals surface area contributed by atoms with Crippen LogP contribution in [0, 0.1) is 12.7 Å². The molecule has 2 amide bonds. The number of aryl methyl sites for hydroxylation is 2. The molecule has 1 atom stereocenters. The summed E-state index contributed by atoms with van der Waals surface area (Å²) in [5.74, 6) is -1.58. The molecule has 0 fully saturated rings. The number of amides is 2. The summed E-state index contributed by atoms with van der Waals surface area (Å²) in [5.41, 5.74) is 3.01. The van der Waals surface area contributed by atoms with Gasteiger partial charge in [-0.25, -0.2) is 12.8 Å². The fourth-order valence-electron chi connectivity index (χ4n) is 5.06. The van der Waals surface area contributed by atoms with Gasteiger partial charge in [0.25, 0.3) is 10.0 Å². The highest BCUT2D eigenvalue weighted by molar-refractivity contribution is 7.92. The molecular weight excluding hydrogens is 577 g/mol. The van der Waals surface area contributed by atoms with Crippen LogP contribution in [-0.4, -0.2) is 44.3 Å². The normalized spacial score (nSPS) is 11.9. The Balaban J connectivity index is 1.83. The van der Waals surface area contributed by atoms with Crippen molar-refractivity contribution in [3.8, 4) is 0 Å². The number of carbonyl (C=O) groups excluding carboxylic acids is 2. The first kappa shape index (κ1) is 32.4. The number of carbonyl (C=O) groups is 2. The van der Waals surface area contributed by atoms with Crippen LogP contribution in [0.3, 0.4) is 0 Å². The van der Waals surface area contributed by atoms with E-state index in [9.17, 15) is 22.4 Å². The number of para-hydroxylation sites is 1. The molecule has 0 bridgehead atoms. The average molecular weight is 616 g/mol. The molecule has 44 heavy (non-hydrogen) atoms. The molecular formula is C35H38FN3O4S. The van der Waals surface area contributed by atoms with E-state index in [4.69, 9.17) is 0 Å². The van der Waals surface area contributed by atoms with Gasteiger partial charge in [0.05, 0.1) is 10.6 Å². The average Bonchev–Trinajstić information content (AvgIpc) is 3.03. The number of benzene rings is 4. The summed E-state index contributed by atoms with van der Waals surface area (Å²) in [5, 5.41) is 2.81. The quantitative estimate of drug-likeness (QED) is 0.210. The van der Waals surface area contributed by atoms with Crippen LogP contribution in [0.2, 0.25) is 0 Å². The van der Waals surface area contributed by atoms with E-state index in [0.29, 0.717) is 18.7 Å². The van der Waals surface area contributed by atoms with Crippen LogP contribution in [-0.2, 0) is 39.0 Å². The molecule has 9 heteroatoms. The molecule has 4 rings (SSSR count). The van der Waals surface area contributed by atoms with Gasteiger partial charge >= 0.3 is 0 Å². The van der Waals surface area contributed by atoms with Gasteiger partial charge < -0.3 is 10.2 Å². The molecule has 0 aliphatic rings. The molecule has 1 N–H and O–H groups in total. The third-order valence-electron chi connectivity index (χ3n) is 7.45. The van der Waals surface area contributed by atoms with Crippen LogP contribution in [0.25, 0.3) is 0 Å². The zero-order chi connectivity index (χ0) is 31.7. The van der Waals surface area contributed by atoms with Crippen molar-refractivity contribution >= 4 is 27.5 Å². The molecule has 0 unspecified atom stereocenters. The van der Waals surface area contributed by atoms with Crippen molar-refractivity contribution in [3.05, 3.63) is 131 Å². The van der Waals surface area contributed by atoms with Gasteiger partial charge in [-0.05, 0) is 55.7 Å². The van der Waals surface area contributed by atoms with Crippen LogP contribution in [0.5, 0.6) is 0 Å². The summed E-state index contributed by atoms with van der Waals surface area (Å²) in [7, 11) is -4.22. The maximum Gasteiger partial charge on any atom is 0.264 e. The van der Waals surface area contributed by atoms with E-state index in [1.807, 2.05) is 56.3 Å². The Bertz CT molecular complexity index is 1680. The minimum Gasteiger partial charge on any atom is -0.355 e. The largest absolute Gasteiger partial charge is 0.355 e. The predicted octanol–water partition coefficient (Wildman–Crippen LogP) is 5.67. The first-order chi connectivity index (χ1) is 21.1. The first-order valence-electron chi connectivity index (χ1n) is 14.7. The lowest BCUT2D eigenvalue weighted by molar-refractivity contribution is -0.140. The highest BCUT2D eigenvalue weighted by Crippen LogP contribution is 2.29. The standard InChI is InChI=1S/C35H38FN3O4S/c1-4-28-15-10-12-18-32(28)39(44(42,43)30-21-19-26(3)20-22-30)25-34(40)38(24-29-16-9-11-17-31(29)36)33(35(41)37-5-2)23-27-13-7-6-8-14-27/h6-22,33H,4-5,23-25H2,1-3H3,(H,37,41)/t33-/m0/s1. The van der Waals surface area contributed by atoms with Crippen molar-refractivity contribution < 1.29 is 22.4 Å². The topological polar surface area (TPSA) is 86.8 Å². The van der Waals surface area contributed by atoms with Gasteiger partial charge in [-0.15, -0.1) is 0 Å². The van der Waals surface area contributed by atoms with E-state index in [2.05, 4.69) is 5.32 Å². The van der Waals surface area contributed by atoms with E-state index in [1.54, 1.807) is 49.4 Å². The number of hydrogen-bond acceptors (Lipinski definition) is 4. The van der Waals surface area contributed by atoms with Gasteiger partial charge in [-0.1, -0.05) is 91.3 Å². The number of sulfonamides is 1. The highest BCUT2D eigenvalue weighted by Gasteiger charge is 2.35. The molecule has 0 aromatic heterocycles. The predicted molar refractivity (Wildman–Crippen MR) is 171 cm³/mol. The Morgan fingerprint density at radius 1 is 0.818 bits per heavy atom. The van der Waals surface area contributed by atoms with E-state index >= 15 is 0 Å². The highest BCUT2D eigenvalue weighted by atomic mass is 32.2. The molecule has 4 aromatic carbocycles.